The Morgan fingerprint density at radius 2 is 1.72 bits per heavy atom. The summed E-state index contributed by atoms with van der Waals surface area (Å²) >= 11 is 0. The highest BCUT2D eigenvalue weighted by molar-refractivity contribution is 5.54. The molecule has 25 heavy (non-hydrogen) atoms. The standard InChI is InChI=1S/C20H20N4O/c1-21-9-11-23(15-21)17-5-3-7-19(13-17)25-20-8-4-6-18(14-20)24-12-10-22(2)16-24/h3-14H,15H2,1-2H3. The second kappa shape index (κ2) is 6.36. The van der Waals surface area contributed by atoms with E-state index in [0.29, 0.717) is 0 Å². The molecule has 0 radical (unpaired) electrons. The van der Waals surface area contributed by atoms with E-state index in [1.807, 2.05) is 65.0 Å². The van der Waals surface area contributed by atoms with E-state index < -0.39 is 0 Å². The Labute approximate surface area is 147 Å². The molecule has 0 aliphatic carbocycles. The van der Waals surface area contributed by atoms with Crippen molar-refractivity contribution in [3.8, 4) is 17.2 Å². The van der Waals surface area contributed by atoms with Gasteiger partial charge in [0.25, 0.3) is 0 Å². The number of imidazole rings is 1. The van der Waals surface area contributed by atoms with Gasteiger partial charge in [-0.25, -0.2) is 0 Å². The minimum atomic E-state index is 0.800. The molecule has 0 atom stereocenters. The molecule has 0 N–H and O–H groups in total. The highest BCUT2D eigenvalue weighted by Gasteiger charge is 2.11. The van der Waals surface area contributed by atoms with E-state index in [9.17, 15) is 0 Å². The molecule has 0 spiro atoms. The van der Waals surface area contributed by atoms with Gasteiger partial charge in [0.2, 0.25) is 6.33 Å². The quantitative estimate of drug-likeness (QED) is 0.542. The molecule has 0 saturated heterocycles. The number of nitrogens with zero attached hydrogens (tertiary/aromatic N) is 4. The SMILES string of the molecule is CN1C=CN(c2cccc(Oc3cccc(-n4[c-][n+](C)cc4)c3)c2)C1. The smallest absolute Gasteiger partial charge is 0.243 e. The molecule has 1 aromatic heterocycles. The summed E-state index contributed by atoms with van der Waals surface area (Å²) in [6.07, 6.45) is 11.2. The van der Waals surface area contributed by atoms with Crippen LogP contribution in [-0.2, 0) is 7.05 Å². The number of benzene rings is 2. The van der Waals surface area contributed by atoms with Crippen LogP contribution in [0, 0.1) is 6.33 Å². The van der Waals surface area contributed by atoms with Crippen molar-refractivity contribution in [2.45, 2.75) is 0 Å². The van der Waals surface area contributed by atoms with Crippen LogP contribution in [0.5, 0.6) is 11.5 Å². The Hall–Kier alpha value is -3.21. The topological polar surface area (TPSA) is 24.5 Å². The van der Waals surface area contributed by atoms with Crippen molar-refractivity contribution in [1.29, 1.82) is 0 Å². The number of rotatable bonds is 4. The molecular weight excluding hydrogens is 312 g/mol. The van der Waals surface area contributed by atoms with Gasteiger partial charge in [-0.05, 0) is 24.3 Å². The molecule has 0 amide bonds. The minimum absolute atomic E-state index is 0.800. The third kappa shape index (κ3) is 3.35. The molecule has 5 heteroatoms. The van der Waals surface area contributed by atoms with Crippen molar-refractivity contribution < 1.29 is 9.30 Å². The highest BCUT2D eigenvalue weighted by Crippen LogP contribution is 2.28. The average Bonchev–Trinajstić information content (AvgIpc) is 3.24. The minimum Gasteiger partial charge on any atom is -0.458 e. The van der Waals surface area contributed by atoms with Gasteiger partial charge in [-0.2, -0.15) is 0 Å². The van der Waals surface area contributed by atoms with Crippen molar-refractivity contribution in [2.75, 3.05) is 18.6 Å². The molecule has 0 fully saturated rings. The first-order chi connectivity index (χ1) is 12.2. The predicted molar refractivity (Wildman–Crippen MR) is 96.5 cm³/mol. The monoisotopic (exact) mass is 332 g/mol. The van der Waals surface area contributed by atoms with Gasteiger partial charge < -0.3 is 23.7 Å². The first kappa shape index (κ1) is 15.3. The van der Waals surface area contributed by atoms with Crippen LogP contribution in [0.4, 0.5) is 5.69 Å². The summed E-state index contributed by atoms with van der Waals surface area (Å²) in [5, 5.41) is 0. The summed E-state index contributed by atoms with van der Waals surface area (Å²) in [5.74, 6) is 1.62. The molecule has 2 heterocycles. The van der Waals surface area contributed by atoms with Crippen molar-refractivity contribution >= 4 is 5.69 Å². The number of aromatic nitrogens is 2. The van der Waals surface area contributed by atoms with E-state index >= 15 is 0 Å². The summed E-state index contributed by atoms with van der Waals surface area (Å²) in [7, 11) is 4.01. The Balaban J connectivity index is 1.55. The Morgan fingerprint density at radius 3 is 2.36 bits per heavy atom. The summed E-state index contributed by atoms with van der Waals surface area (Å²) < 4.78 is 9.90. The maximum absolute atomic E-state index is 6.08. The molecule has 1 aliphatic rings. The number of anilines is 1. The summed E-state index contributed by atoms with van der Waals surface area (Å²) in [5.41, 5.74) is 2.12. The number of hydrogen-bond acceptors (Lipinski definition) is 3. The molecule has 3 aromatic rings. The molecule has 126 valence electrons. The number of hydrogen-bond donors (Lipinski definition) is 0. The van der Waals surface area contributed by atoms with E-state index in [1.54, 1.807) is 0 Å². The number of ether oxygens (including phenoxy) is 1. The lowest BCUT2D eigenvalue weighted by Gasteiger charge is -2.19. The van der Waals surface area contributed by atoms with Gasteiger partial charge in [-0.3, -0.25) is 0 Å². The van der Waals surface area contributed by atoms with Crippen molar-refractivity contribution in [3.63, 3.8) is 0 Å². The average molecular weight is 332 g/mol. The molecular formula is C20H20N4O. The fourth-order valence-electron chi connectivity index (χ4n) is 2.80. The van der Waals surface area contributed by atoms with Gasteiger partial charge >= 0.3 is 0 Å². The Morgan fingerprint density at radius 1 is 1.00 bits per heavy atom. The molecule has 0 saturated carbocycles. The van der Waals surface area contributed by atoms with E-state index in [4.69, 9.17) is 4.74 Å². The zero-order valence-corrected chi connectivity index (χ0v) is 14.3. The van der Waals surface area contributed by atoms with E-state index in [2.05, 4.69) is 47.7 Å². The second-order valence-electron chi connectivity index (χ2n) is 6.14. The summed E-state index contributed by atoms with van der Waals surface area (Å²) in [6, 6.07) is 16.1. The Bertz CT molecular complexity index is 915. The fraction of sp³-hybridized carbons (Fsp3) is 0.150. The van der Waals surface area contributed by atoms with Gasteiger partial charge in [-0.15, -0.1) is 0 Å². The predicted octanol–water partition coefficient (Wildman–Crippen LogP) is 3.07. The molecule has 0 bridgehead atoms. The van der Waals surface area contributed by atoms with Crippen LogP contribution in [0.25, 0.3) is 5.69 Å². The molecule has 5 nitrogen and oxygen atoms in total. The second-order valence-corrected chi connectivity index (χ2v) is 6.14. The van der Waals surface area contributed by atoms with E-state index in [-0.39, 0.29) is 0 Å². The van der Waals surface area contributed by atoms with Crippen LogP contribution in [0.1, 0.15) is 0 Å². The zero-order valence-electron chi connectivity index (χ0n) is 14.3. The van der Waals surface area contributed by atoms with E-state index in [1.165, 1.54) is 0 Å². The first-order valence-corrected chi connectivity index (χ1v) is 8.17. The van der Waals surface area contributed by atoms with Gasteiger partial charge in [-0.1, -0.05) is 18.2 Å². The Kier molecular flexibility index (Phi) is 3.90. The largest absolute Gasteiger partial charge is 0.458 e. The van der Waals surface area contributed by atoms with Gasteiger partial charge in [0.1, 0.15) is 11.5 Å². The lowest BCUT2D eigenvalue weighted by molar-refractivity contribution is -0.674. The lowest BCUT2D eigenvalue weighted by Crippen LogP contribution is -2.24. The van der Waals surface area contributed by atoms with Crippen molar-refractivity contribution in [3.05, 3.63) is 79.7 Å². The van der Waals surface area contributed by atoms with Crippen LogP contribution >= 0.6 is 0 Å². The maximum Gasteiger partial charge on any atom is 0.243 e. The molecule has 2 aromatic carbocycles. The van der Waals surface area contributed by atoms with Crippen LogP contribution in [0.15, 0.2) is 73.3 Å². The normalized spacial score (nSPS) is 13.5. The molecule has 1 aliphatic heterocycles. The van der Waals surface area contributed by atoms with Gasteiger partial charge in [0.05, 0.1) is 19.4 Å². The number of aryl methyl sites for hydroxylation is 1. The van der Waals surface area contributed by atoms with Gasteiger partial charge in [0, 0.05) is 43.6 Å². The molecule has 0 unspecified atom stereocenters. The van der Waals surface area contributed by atoms with E-state index in [0.717, 1.165) is 29.5 Å². The first-order valence-electron chi connectivity index (χ1n) is 8.17. The maximum atomic E-state index is 6.08. The highest BCUT2D eigenvalue weighted by atomic mass is 16.5. The lowest BCUT2D eigenvalue weighted by atomic mass is 10.2. The van der Waals surface area contributed by atoms with Crippen LogP contribution in [0.2, 0.25) is 0 Å². The van der Waals surface area contributed by atoms with Gasteiger partial charge in [0.15, 0.2) is 0 Å². The molecule has 4 rings (SSSR count). The summed E-state index contributed by atoms with van der Waals surface area (Å²) in [4.78, 5) is 4.31. The third-order valence-corrected chi connectivity index (χ3v) is 4.06. The summed E-state index contributed by atoms with van der Waals surface area (Å²) in [6.45, 7) is 0.847. The van der Waals surface area contributed by atoms with Crippen LogP contribution in [0.3, 0.4) is 0 Å². The van der Waals surface area contributed by atoms with Crippen molar-refractivity contribution in [2.24, 2.45) is 7.05 Å². The van der Waals surface area contributed by atoms with Crippen molar-refractivity contribution in [1.82, 2.24) is 9.47 Å². The van der Waals surface area contributed by atoms with Crippen LogP contribution < -0.4 is 14.2 Å². The van der Waals surface area contributed by atoms with Crippen LogP contribution in [-0.4, -0.2) is 23.2 Å². The fourth-order valence-corrected chi connectivity index (χ4v) is 2.80. The zero-order chi connectivity index (χ0) is 17.2. The third-order valence-electron chi connectivity index (χ3n) is 4.06.